The van der Waals surface area contributed by atoms with Gasteiger partial charge in [0.05, 0.1) is 12.0 Å². The first-order chi connectivity index (χ1) is 12.7. The predicted molar refractivity (Wildman–Crippen MR) is 96.4 cm³/mol. The van der Waals surface area contributed by atoms with E-state index in [1.54, 1.807) is 6.08 Å². The molecule has 1 aliphatic carbocycles. The Morgan fingerprint density at radius 2 is 1.54 bits per heavy atom. The van der Waals surface area contributed by atoms with Gasteiger partial charge in [-0.15, -0.1) is 0 Å². The summed E-state index contributed by atoms with van der Waals surface area (Å²) < 4.78 is 5.57. The summed E-state index contributed by atoms with van der Waals surface area (Å²) in [6.07, 6.45) is 1.76. The minimum absolute atomic E-state index is 0.0388. The Morgan fingerprint density at radius 3 is 2.23 bits per heavy atom. The third kappa shape index (κ3) is 2.26. The molecule has 26 heavy (non-hydrogen) atoms. The molecule has 0 N–H and O–H groups in total. The maximum absolute atomic E-state index is 12.7. The van der Waals surface area contributed by atoms with E-state index in [2.05, 4.69) is 17.0 Å². The molecular formula is C22H19NO3. The van der Waals surface area contributed by atoms with Crippen molar-refractivity contribution >= 4 is 11.8 Å². The van der Waals surface area contributed by atoms with Gasteiger partial charge in [-0.3, -0.25) is 14.5 Å². The van der Waals surface area contributed by atoms with Gasteiger partial charge in [-0.05, 0) is 22.8 Å². The fraction of sp³-hybridized carbons (Fsp3) is 0.273. The van der Waals surface area contributed by atoms with Crippen LogP contribution in [0.2, 0.25) is 0 Å². The third-order valence-corrected chi connectivity index (χ3v) is 5.85. The molecule has 2 aliphatic heterocycles. The van der Waals surface area contributed by atoms with Crippen molar-refractivity contribution in [1.82, 2.24) is 4.90 Å². The summed E-state index contributed by atoms with van der Waals surface area (Å²) in [5, 5.41) is 0. The van der Waals surface area contributed by atoms with Crippen LogP contribution in [0.3, 0.4) is 0 Å². The van der Waals surface area contributed by atoms with Crippen LogP contribution in [-0.2, 0) is 14.3 Å². The Bertz CT molecular complexity index is 890. The van der Waals surface area contributed by atoms with Crippen LogP contribution < -0.4 is 0 Å². The van der Waals surface area contributed by atoms with Crippen molar-refractivity contribution in [2.45, 2.75) is 18.0 Å². The van der Waals surface area contributed by atoms with Crippen molar-refractivity contribution < 1.29 is 14.3 Å². The molecule has 2 aromatic rings. The van der Waals surface area contributed by atoms with E-state index in [1.807, 2.05) is 48.5 Å². The van der Waals surface area contributed by atoms with Gasteiger partial charge >= 0.3 is 5.97 Å². The smallest absolute Gasteiger partial charge is 0.324 e. The number of hydrogen-bond donors (Lipinski definition) is 0. The average molecular weight is 345 g/mol. The Labute approximate surface area is 152 Å². The molecule has 4 nitrogen and oxygen atoms in total. The molecule has 2 saturated heterocycles. The number of rotatable bonds is 2. The molecule has 0 unspecified atom stereocenters. The van der Waals surface area contributed by atoms with E-state index in [4.69, 9.17) is 4.74 Å². The van der Waals surface area contributed by atoms with E-state index < -0.39 is 6.04 Å². The van der Waals surface area contributed by atoms with Crippen LogP contribution >= 0.6 is 0 Å². The highest BCUT2D eigenvalue weighted by atomic mass is 16.5. The molecule has 0 saturated carbocycles. The van der Waals surface area contributed by atoms with E-state index in [9.17, 15) is 9.59 Å². The maximum atomic E-state index is 12.7. The van der Waals surface area contributed by atoms with Crippen molar-refractivity contribution in [3.8, 4) is 0 Å². The number of ketones is 1. The fourth-order valence-electron chi connectivity index (χ4n) is 4.73. The molecule has 4 atom stereocenters. The summed E-state index contributed by atoms with van der Waals surface area (Å²) >= 11 is 0. The number of ether oxygens (including phenoxy) is 1. The molecule has 2 heterocycles. The Hall–Kier alpha value is -2.72. The van der Waals surface area contributed by atoms with Gasteiger partial charge in [0.25, 0.3) is 0 Å². The van der Waals surface area contributed by atoms with Crippen LogP contribution in [0.5, 0.6) is 0 Å². The second kappa shape index (κ2) is 5.92. The largest absolute Gasteiger partial charge is 0.462 e. The van der Waals surface area contributed by atoms with Gasteiger partial charge in [0, 0.05) is 12.5 Å². The van der Waals surface area contributed by atoms with Gasteiger partial charge in [0.15, 0.2) is 5.78 Å². The van der Waals surface area contributed by atoms with Crippen molar-refractivity contribution in [2.24, 2.45) is 5.92 Å². The quantitative estimate of drug-likeness (QED) is 0.785. The second-order valence-corrected chi connectivity index (χ2v) is 7.21. The van der Waals surface area contributed by atoms with Crippen molar-refractivity contribution in [1.29, 1.82) is 0 Å². The van der Waals surface area contributed by atoms with Gasteiger partial charge < -0.3 is 4.74 Å². The standard InChI is InChI=1S/C22H19NO3/c24-18-11-16-12-23-17(14-7-3-1-4-8-14)13-26-22(25)21(23)20(16)19(18)15-9-5-2-6-10-15/h1-11,17,19-21H,12-13H2/t17-,19+,20+,21-/m1/s1. The van der Waals surface area contributed by atoms with Crippen molar-refractivity contribution in [2.75, 3.05) is 13.2 Å². The Morgan fingerprint density at radius 1 is 0.885 bits per heavy atom. The minimum atomic E-state index is -0.392. The molecule has 5 rings (SSSR count). The highest BCUT2D eigenvalue weighted by Crippen LogP contribution is 2.49. The molecule has 0 radical (unpaired) electrons. The lowest BCUT2D eigenvalue weighted by Crippen LogP contribution is -2.50. The lowest BCUT2D eigenvalue weighted by molar-refractivity contribution is -0.162. The number of benzene rings is 2. The highest BCUT2D eigenvalue weighted by molar-refractivity contribution is 6.01. The summed E-state index contributed by atoms with van der Waals surface area (Å²) in [5.41, 5.74) is 3.19. The molecule has 2 fully saturated rings. The number of allylic oxidation sites excluding steroid dienone is 1. The summed E-state index contributed by atoms with van der Waals surface area (Å²) in [6, 6.07) is 19.6. The van der Waals surface area contributed by atoms with Gasteiger partial charge in [-0.2, -0.15) is 0 Å². The summed E-state index contributed by atoms with van der Waals surface area (Å²) in [4.78, 5) is 27.6. The zero-order valence-corrected chi connectivity index (χ0v) is 14.2. The lowest BCUT2D eigenvalue weighted by Gasteiger charge is -2.38. The van der Waals surface area contributed by atoms with Crippen LogP contribution in [0.15, 0.2) is 72.3 Å². The molecule has 3 aliphatic rings. The number of cyclic esters (lactones) is 1. The molecule has 4 heteroatoms. The zero-order valence-electron chi connectivity index (χ0n) is 14.2. The number of hydrogen-bond acceptors (Lipinski definition) is 4. The average Bonchev–Trinajstić information content (AvgIpc) is 3.18. The first-order valence-electron chi connectivity index (χ1n) is 9.00. The highest BCUT2D eigenvalue weighted by Gasteiger charge is 2.55. The number of morpholine rings is 1. The van der Waals surface area contributed by atoms with E-state index in [0.717, 1.165) is 16.7 Å². The third-order valence-electron chi connectivity index (χ3n) is 5.85. The van der Waals surface area contributed by atoms with E-state index in [0.29, 0.717) is 13.2 Å². The summed E-state index contributed by atoms with van der Waals surface area (Å²) in [7, 11) is 0. The summed E-state index contributed by atoms with van der Waals surface area (Å²) in [5.74, 6) is -0.515. The van der Waals surface area contributed by atoms with Gasteiger partial charge in [-0.1, -0.05) is 60.7 Å². The van der Waals surface area contributed by atoms with Crippen LogP contribution in [0.4, 0.5) is 0 Å². The second-order valence-electron chi connectivity index (χ2n) is 7.21. The number of esters is 1. The van der Waals surface area contributed by atoms with Crippen LogP contribution in [-0.4, -0.2) is 35.8 Å². The normalized spacial score (nSPS) is 30.5. The molecular weight excluding hydrogens is 326 g/mol. The van der Waals surface area contributed by atoms with E-state index >= 15 is 0 Å². The van der Waals surface area contributed by atoms with Gasteiger partial charge in [-0.25, -0.2) is 0 Å². The number of nitrogens with zero attached hydrogens (tertiary/aromatic N) is 1. The molecule has 0 spiro atoms. The molecule has 0 amide bonds. The molecule has 130 valence electrons. The number of fused-ring (bicyclic) bond motifs is 3. The SMILES string of the molecule is O=C1C=C2CN3[C@@H](c4ccccc4)COC(=O)[C@H]3[C@@H]2[C@H]1c1ccccc1. The Kier molecular flexibility index (Phi) is 3.54. The Balaban J connectivity index is 1.55. The van der Waals surface area contributed by atoms with Crippen molar-refractivity contribution in [3.05, 3.63) is 83.4 Å². The predicted octanol–water partition coefficient (Wildman–Crippen LogP) is 2.88. The van der Waals surface area contributed by atoms with Crippen LogP contribution in [0.25, 0.3) is 0 Å². The van der Waals surface area contributed by atoms with E-state index in [1.165, 1.54) is 0 Å². The number of carbonyl (C=O) groups excluding carboxylic acids is 2. The van der Waals surface area contributed by atoms with Crippen LogP contribution in [0.1, 0.15) is 23.1 Å². The first-order valence-corrected chi connectivity index (χ1v) is 9.00. The van der Waals surface area contributed by atoms with Gasteiger partial charge in [0.2, 0.25) is 0 Å². The monoisotopic (exact) mass is 345 g/mol. The van der Waals surface area contributed by atoms with Crippen LogP contribution in [0, 0.1) is 5.92 Å². The first kappa shape index (κ1) is 15.5. The molecule has 0 bridgehead atoms. The lowest BCUT2D eigenvalue weighted by atomic mass is 9.81. The topological polar surface area (TPSA) is 46.6 Å². The van der Waals surface area contributed by atoms with Crippen molar-refractivity contribution in [3.63, 3.8) is 0 Å². The van der Waals surface area contributed by atoms with E-state index in [-0.39, 0.29) is 29.6 Å². The molecule has 0 aromatic heterocycles. The zero-order chi connectivity index (χ0) is 17.7. The molecule has 2 aromatic carbocycles. The minimum Gasteiger partial charge on any atom is -0.462 e. The fourth-order valence-corrected chi connectivity index (χ4v) is 4.73. The maximum Gasteiger partial charge on any atom is 0.324 e. The van der Waals surface area contributed by atoms with Gasteiger partial charge in [0.1, 0.15) is 12.6 Å². The number of carbonyl (C=O) groups is 2. The summed E-state index contributed by atoms with van der Waals surface area (Å²) in [6.45, 7) is 1.02.